The minimum atomic E-state index is 0.272. The quantitative estimate of drug-likeness (QED) is 0.742. The van der Waals surface area contributed by atoms with Crippen molar-refractivity contribution in [2.24, 2.45) is 0 Å². The van der Waals surface area contributed by atoms with Gasteiger partial charge in [0.25, 0.3) is 0 Å². The van der Waals surface area contributed by atoms with Crippen molar-refractivity contribution in [3.05, 3.63) is 82.6 Å². The van der Waals surface area contributed by atoms with E-state index in [4.69, 9.17) is 0 Å². The summed E-state index contributed by atoms with van der Waals surface area (Å²) in [6.45, 7) is 0. The van der Waals surface area contributed by atoms with Crippen molar-refractivity contribution < 1.29 is 5.11 Å². The summed E-state index contributed by atoms with van der Waals surface area (Å²) in [5.74, 6) is 0.272. The van der Waals surface area contributed by atoms with Gasteiger partial charge in [-0.2, -0.15) is 0 Å². The predicted octanol–water partition coefficient (Wildman–Crippen LogP) is 4.81. The molecule has 1 heterocycles. The van der Waals surface area contributed by atoms with Crippen LogP contribution < -0.4 is 0 Å². The highest BCUT2D eigenvalue weighted by atomic mass is 79.9. The Morgan fingerprint density at radius 1 is 0.905 bits per heavy atom. The van der Waals surface area contributed by atoms with Gasteiger partial charge in [0.2, 0.25) is 0 Å². The van der Waals surface area contributed by atoms with Crippen molar-refractivity contribution in [2.75, 3.05) is 0 Å². The second-order valence-corrected chi connectivity index (χ2v) is 5.72. The van der Waals surface area contributed by atoms with E-state index in [0.717, 1.165) is 27.6 Å². The van der Waals surface area contributed by atoms with E-state index in [1.54, 1.807) is 18.3 Å². The Labute approximate surface area is 132 Å². The van der Waals surface area contributed by atoms with Gasteiger partial charge in [0.15, 0.2) is 0 Å². The standard InChI is InChI=1S/C18H14BrNO/c19-17-12-20-11-15(10-13-4-2-1-3-5-13)18(17)14-6-8-16(21)9-7-14/h1-9,11-12,21H,10H2. The molecule has 2 nitrogen and oxygen atoms in total. The van der Waals surface area contributed by atoms with Gasteiger partial charge in [-0.3, -0.25) is 4.98 Å². The Morgan fingerprint density at radius 2 is 1.62 bits per heavy atom. The third-order valence-corrected chi connectivity index (χ3v) is 3.97. The van der Waals surface area contributed by atoms with Gasteiger partial charge in [-0.1, -0.05) is 42.5 Å². The molecule has 0 aliphatic heterocycles. The smallest absolute Gasteiger partial charge is 0.115 e. The second-order valence-electron chi connectivity index (χ2n) is 4.86. The molecule has 0 bridgehead atoms. The van der Waals surface area contributed by atoms with Crippen LogP contribution >= 0.6 is 15.9 Å². The van der Waals surface area contributed by atoms with Crippen LogP contribution in [0.15, 0.2) is 71.5 Å². The number of aromatic hydroxyl groups is 1. The fourth-order valence-corrected chi connectivity index (χ4v) is 2.98. The van der Waals surface area contributed by atoms with Gasteiger partial charge in [-0.25, -0.2) is 0 Å². The first-order chi connectivity index (χ1) is 10.2. The summed E-state index contributed by atoms with van der Waals surface area (Å²) >= 11 is 3.59. The first-order valence-electron chi connectivity index (χ1n) is 6.70. The zero-order valence-electron chi connectivity index (χ0n) is 11.3. The average Bonchev–Trinajstić information content (AvgIpc) is 2.50. The van der Waals surface area contributed by atoms with Crippen LogP contribution in [0.1, 0.15) is 11.1 Å². The van der Waals surface area contributed by atoms with Gasteiger partial charge in [0, 0.05) is 22.4 Å². The van der Waals surface area contributed by atoms with Crippen LogP contribution in [0, 0.1) is 0 Å². The maximum Gasteiger partial charge on any atom is 0.115 e. The lowest BCUT2D eigenvalue weighted by atomic mass is 9.97. The number of benzene rings is 2. The largest absolute Gasteiger partial charge is 0.508 e. The topological polar surface area (TPSA) is 33.1 Å². The molecule has 0 atom stereocenters. The summed E-state index contributed by atoms with van der Waals surface area (Å²) in [6, 6.07) is 17.6. The molecular formula is C18H14BrNO. The number of aromatic nitrogens is 1. The van der Waals surface area contributed by atoms with Crippen molar-refractivity contribution in [1.29, 1.82) is 0 Å². The van der Waals surface area contributed by atoms with E-state index in [2.05, 4.69) is 33.0 Å². The predicted molar refractivity (Wildman–Crippen MR) is 88.3 cm³/mol. The van der Waals surface area contributed by atoms with Gasteiger partial charge in [0.1, 0.15) is 5.75 Å². The molecule has 21 heavy (non-hydrogen) atoms. The van der Waals surface area contributed by atoms with E-state index in [1.807, 2.05) is 36.5 Å². The SMILES string of the molecule is Oc1ccc(-c2c(Br)cncc2Cc2ccccc2)cc1. The van der Waals surface area contributed by atoms with E-state index in [0.29, 0.717) is 0 Å². The summed E-state index contributed by atoms with van der Waals surface area (Å²) in [6.07, 6.45) is 4.53. The minimum Gasteiger partial charge on any atom is -0.508 e. The molecular weight excluding hydrogens is 326 g/mol. The zero-order chi connectivity index (χ0) is 14.7. The summed E-state index contributed by atoms with van der Waals surface area (Å²) < 4.78 is 0.960. The van der Waals surface area contributed by atoms with Crippen molar-refractivity contribution >= 4 is 15.9 Å². The number of nitrogens with zero attached hydrogens (tertiary/aromatic N) is 1. The van der Waals surface area contributed by atoms with E-state index >= 15 is 0 Å². The molecule has 0 aliphatic rings. The Kier molecular flexibility index (Phi) is 4.02. The number of phenols is 1. The van der Waals surface area contributed by atoms with Crippen molar-refractivity contribution in [2.45, 2.75) is 6.42 Å². The molecule has 0 saturated heterocycles. The van der Waals surface area contributed by atoms with Gasteiger partial charge in [0.05, 0.1) is 0 Å². The van der Waals surface area contributed by atoms with Crippen LogP contribution in [0.4, 0.5) is 0 Å². The average molecular weight is 340 g/mol. The van der Waals surface area contributed by atoms with Gasteiger partial charge in [-0.15, -0.1) is 0 Å². The van der Waals surface area contributed by atoms with Gasteiger partial charge >= 0.3 is 0 Å². The fraction of sp³-hybridized carbons (Fsp3) is 0.0556. The first kappa shape index (κ1) is 13.8. The van der Waals surface area contributed by atoms with Crippen LogP contribution in [0.3, 0.4) is 0 Å². The highest BCUT2D eigenvalue weighted by Gasteiger charge is 2.10. The summed E-state index contributed by atoms with van der Waals surface area (Å²) in [7, 11) is 0. The number of hydrogen-bond donors (Lipinski definition) is 1. The molecule has 1 N–H and O–H groups in total. The summed E-state index contributed by atoms with van der Waals surface area (Å²) in [4.78, 5) is 4.29. The number of hydrogen-bond acceptors (Lipinski definition) is 2. The molecule has 0 saturated carbocycles. The fourth-order valence-electron chi connectivity index (χ4n) is 2.38. The third kappa shape index (κ3) is 3.14. The number of halogens is 1. The Balaban J connectivity index is 2.05. The molecule has 0 spiro atoms. The molecule has 3 aromatic rings. The van der Waals surface area contributed by atoms with Crippen LogP contribution in [0.25, 0.3) is 11.1 Å². The number of pyridine rings is 1. The molecule has 0 unspecified atom stereocenters. The lowest BCUT2D eigenvalue weighted by Gasteiger charge is -2.12. The highest BCUT2D eigenvalue weighted by Crippen LogP contribution is 2.33. The van der Waals surface area contributed by atoms with Crippen molar-refractivity contribution in [3.8, 4) is 16.9 Å². The number of phenolic OH excluding ortho intramolecular Hbond substituents is 1. The van der Waals surface area contributed by atoms with Crippen molar-refractivity contribution in [3.63, 3.8) is 0 Å². The molecule has 3 heteroatoms. The molecule has 104 valence electrons. The van der Waals surface area contributed by atoms with Crippen LogP contribution in [-0.4, -0.2) is 10.1 Å². The van der Waals surface area contributed by atoms with Gasteiger partial charge < -0.3 is 5.11 Å². The molecule has 2 aromatic carbocycles. The molecule has 0 amide bonds. The van der Waals surface area contributed by atoms with Crippen LogP contribution in [-0.2, 0) is 6.42 Å². The molecule has 0 fully saturated rings. The minimum absolute atomic E-state index is 0.272. The van der Waals surface area contributed by atoms with E-state index in [1.165, 1.54) is 5.56 Å². The molecule has 3 rings (SSSR count). The second kappa shape index (κ2) is 6.10. The van der Waals surface area contributed by atoms with E-state index in [-0.39, 0.29) is 5.75 Å². The maximum atomic E-state index is 9.45. The van der Waals surface area contributed by atoms with Gasteiger partial charge in [-0.05, 0) is 51.2 Å². The van der Waals surface area contributed by atoms with Crippen molar-refractivity contribution in [1.82, 2.24) is 4.98 Å². The Morgan fingerprint density at radius 3 is 2.33 bits per heavy atom. The summed E-state index contributed by atoms with van der Waals surface area (Å²) in [5, 5.41) is 9.45. The first-order valence-corrected chi connectivity index (χ1v) is 7.49. The monoisotopic (exact) mass is 339 g/mol. The lowest BCUT2D eigenvalue weighted by Crippen LogP contribution is -1.95. The lowest BCUT2D eigenvalue weighted by molar-refractivity contribution is 0.475. The molecule has 0 aliphatic carbocycles. The normalized spacial score (nSPS) is 10.5. The van der Waals surface area contributed by atoms with E-state index < -0.39 is 0 Å². The summed E-state index contributed by atoms with van der Waals surface area (Å²) in [5.41, 5.74) is 4.58. The Bertz CT molecular complexity index is 739. The Hall–Kier alpha value is -2.13. The maximum absolute atomic E-state index is 9.45. The molecule has 1 aromatic heterocycles. The zero-order valence-corrected chi connectivity index (χ0v) is 12.9. The third-order valence-electron chi connectivity index (χ3n) is 3.37. The van der Waals surface area contributed by atoms with Crippen LogP contribution in [0.5, 0.6) is 5.75 Å². The molecule has 0 radical (unpaired) electrons. The van der Waals surface area contributed by atoms with Crippen LogP contribution in [0.2, 0.25) is 0 Å². The highest BCUT2D eigenvalue weighted by molar-refractivity contribution is 9.10. The van der Waals surface area contributed by atoms with E-state index in [9.17, 15) is 5.11 Å². The number of rotatable bonds is 3.